The van der Waals surface area contributed by atoms with E-state index in [0.29, 0.717) is 24.6 Å². The molecule has 1 saturated carbocycles. The Morgan fingerprint density at radius 3 is 1.03 bits per heavy atom. The molecule has 33 heteroatoms. The van der Waals surface area contributed by atoms with Crippen LogP contribution in [0.25, 0.3) is 89.2 Å². The summed E-state index contributed by atoms with van der Waals surface area (Å²) in [5.74, 6) is 5.13. The van der Waals surface area contributed by atoms with E-state index < -0.39 is 0 Å². The summed E-state index contributed by atoms with van der Waals surface area (Å²) < 4.78 is 44.7. The first kappa shape index (κ1) is 97.4. The first-order valence-corrected chi connectivity index (χ1v) is 48.4. The smallest absolute Gasteiger partial charge is 0.124 e. The molecule has 33 nitrogen and oxygen atoms in total. The van der Waals surface area contributed by atoms with E-state index in [1.54, 1.807) is 98.8 Å². The van der Waals surface area contributed by atoms with Gasteiger partial charge in [-0.15, -0.1) is 10.2 Å². The van der Waals surface area contributed by atoms with Gasteiger partial charge in [0, 0.05) is 286 Å². The molecule has 740 valence electrons. The van der Waals surface area contributed by atoms with Gasteiger partial charge in [-0.05, 0) is 133 Å². The molecule has 1 aliphatic heterocycles. The summed E-state index contributed by atoms with van der Waals surface area (Å²) in [7, 11) is 21.7. The van der Waals surface area contributed by atoms with Gasteiger partial charge < -0.3 is 62.1 Å². The molecule has 1 saturated heterocycles. The Bertz CT molecular complexity index is 7500. The minimum Gasteiger partial charge on any atom is -0.497 e. The lowest BCUT2D eigenvalue weighted by atomic mass is 10.1. The van der Waals surface area contributed by atoms with Crippen molar-refractivity contribution in [2.24, 2.45) is 34.1 Å². The Labute approximate surface area is 847 Å². The monoisotopic (exact) mass is 1950 g/mol. The fourth-order valence-electron chi connectivity index (χ4n) is 18.0. The summed E-state index contributed by atoms with van der Waals surface area (Å²) in [6.45, 7) is 9.39. The maximum atomic E-state index is 5.74. The number of hydrogen-bond acceptors (Lipinski definition) is 27. The van der Waals surface area contributed by atoms with Gasteiger partial charge in [-0.3, -0.25) is 48.5 Å². The Morgan fingerprint density at radius 1 is 0.315 bits per heavy atom. The van der Waals surface area contributed by atoms with Crippen LogP contribution in [0.4, 0.5) is 51.2 Å². The fraction of sp³-hybridized carbons (Fsp3) is 0.239. The number of aryl methyl sites for hydroxylation is 4. The van der Waals surface area contributed by atoms with Crippen LogP contribution < -0.4 is 52.9 Å². The van der Waals surface area contributed by atoms with Gasteiger partial charge in [-0.25, -0.2) is 19.9 Å². The van der Waals surface area contributed by atoms with Crippen LogP contribution >= 0.6 is 0 Å². The Kier molecular flexibility index (Phi) is 30.1. The molecule has 0 radical (unpaired) electrons. The van der Waals surface area contributed by atoms with Gasteiger partial charge in [-0.1, -0.05) is 66.7 Å². The van der Waals surface area contributed by atoms with Crippen molar-refractivity contribution < 1.29 is 28.4 Å². The summed E-state index contributed by atoms with van der Waals surface area (Å²) in [6.07, 6.45) is 32.4. The van der Waals surface area contributed by atoms with Gasteiger partial charge in [-0.2, -0.15) is 20.4 Å². The van der Waals surface area contributed by atoms with Crippen molar-refractivity contribution in [2.75, 3.05) is 127 Å². The number of ether oxygens (including phenoxy) is 6. The number of benzene rings is 10. The number of aromatic nitrogens is 20. The van der Waals surface area contributed by atoms with Gasteiger partial charge in [0.05, 0.1) is 159 Å². The zero-order valence-electron chi connectivity index (χ0n) is 84.0. The molecule has 11 heterocycles. The van der Waals surface area contributed by atoms with Crippen LogP contribution in [-0.4, -0.2) is 217 Å². The maximum Gasteiger partial charge on any atom is 0.124 e. The topological polar surface area (TPSA) is 288 Å². The van der Waals surface area contributed by atoms with Crippen LogP contribution in [0.15, 0.2) is 324 Å². The number of methoxy groups -OCH3 is 6. The third kappa shape index (κ3) is 24.0. The summed E-state index contributed by atoms with van der Waals surface area (Å²) in [5, 5.41) is 24.9. The highest BCUT2D eigenvalue weighted by atomic mass is 16.5. The van der Waals surface area contributed by atoms with Gasteiger partial charge >= 0.3 is 0 Å². The summed E-state index contributed by atoms with van der Waals surface area (Å²) in [4.78, 5) is 54.8. The normalized spacial score (nSPS) is 13.0. The van der Waals surface area contributed by atoms with E-state index in [0.717, 1.165) is 217 Å². The fourth-order valence-corrected chi connectivity index (χ4v) is 18.0. The molecule has 10 aromatic carbocycles. The summed E-state index contributed by atoms with van der Waals surface area (Å²) in [6, 6.07) is 77.3. The molecule has 20 aromatic rings. The standard InChI is InChI=1S/C39H41N7O2.C26H26N6O2.C24H24N8O2.C24H26N6/c1-43-26-31(22-41-43)39-23-40-37-15-14-32(20-38(37)42-39)46(33-18-35(47-2)21-36(19-33)48-3)28-34-27-44(24-29-10-6-4-7-11-29)16-17-45(34)25-30-12-8-5-9-13-30;1-30-18-19(16-28-30)26-17-27-24-7-6-20(14-25(24)29-26)32(11-10-31-8-4-5-9-31)21-12-22(33-2)15-23(13-21)34-3;1-30-14-17(12-28-30)24-13-25-22-5-4-18(10-23(22)29-24)32(7-6-31-15-26-27-16-31)19-8-20(33-2)11-21(9-19)34-3;1-28(2)19-5-4-6-20(11-19)30(15-17-7-8-17)21-9-10-22-23(12-21)27-24(14-25-22)18-13-26-29(3)16-18/h4-15,18-23,26,34H,16-17,24-25,27-28H2,1-3H3;4-9,12-18H,10-11H2,1-3H3;4-5,8-16H,6-7H2,1-3H3;4-6,9-14,16-17H,7-8,15H2,1-3H3. The van der Waals surface area contributed by atoms with Gasteiger partial charge in [0.15, 0.2) is 0 Å². The SMILES string of the molecule is CN(C)c1cccc(N(CC2CC2)c2ccc3ncc(-c4cnn(C)c4)nc3c2)c1.COc1cc(OC)cc(N(CC2CN(Cc3ccccc3)CCN2Cc2ccccc2)c2ccc3ncc(-c4cnn(C)c4)nc3c2)c1.COc1cc(OC)cc(N(CCn2cccc2)c2ccc3ncc(-c4cnn(C)c4)nc3c2)c1.COc1cc(OC)cc(N(CCn2cnnc2)c2ccc3ncc(-c4cnn(C)c4)nc3c2)c1. The van der Waals surface area contributed by atoms with Crippen LogP contribution in [0.5, 0.6) is 34.5 Å². The largest absolute Gasteiger partial charge is 0.497 e. The first-order valence-electron chi connectivity index (χ1n) is 48.4. The molecular weight excluding hydrogens is 1830 g/mol. The van der Waals surface area contributed by atoms with Gasteiger partial charge in [0.25, 0.3) is 0 Å². The number of hydrogen-bond donors (Lipinski definition) is 0. The molecule has 0 spiro atoms. The third-order valence-corrected chi connectivity index (χ3v) is 25.9. The molecule has 146 heavy (non-hydrogen) atoms. The van der Waals surface area contributed by atoms with E-state index in [2.05, 4.69) is 256 Å². The molecule has 22 rings (SSSR count). The molecular formula is C113H117N27O6. The molecule has 2 fully saturated rings. The second-order valence-electron chi connectivity index (χ2n) is 36.4. The average Bonchev–Trinajstić information content (AvgIpc) is 1.15. The van der Waals surface area contributed by atoms with Crippen LogP contribution in [-0.2, 0) is 54.4 Å². The lowest BCUT2D eigenvalue weighted by Gasteiger charge is -2.44. The Balaban J connectivity index is 0.000000125. The molecule has 1 atom stereocenters. The molecule has 1 aliphatic carbocycles. The first-order chi connectivity index (χ1) is 71.3. The Hall–Kier alpha value is -17.5. The molecule has 0 bridgehead atoms. The second kappa shape index (κ2) is 45.2. The molecule has 10 aromatic heterocycles. The predicted octanol–water partition coefficient (Wildman–Crippen LogP) is 19.4. The molecule has 0 N–H and O–H groups in total. The van der Waals surface area contributed by atoms with Crippen LogP contribution in [0.2, 0.25) is 0 Å². The van der Waals surface area contributed by atoms with Crippen molar-refractivity contribution in [3.8, 4) is 79.5 Å². The third-order valence-electron chi connectivity index (χ3n) is 25.9. The van der Waals surface area contributed by atoms with Crippen LogP contribution in [0.1, 0.15) is 24.0 Å². The molecule has 0 amide bonds. The molecule has 2 aliphatic rings. The van der Waals surface area contributed by atoms with Crippen molar-refractivity contribution in [1.82, 2.24) is 108 Å². The van der Waals surface area contributed by atoms with E-state index in [9.17, 15) is 0 Å². The highest BCUT2D eigenvalue weighted by Crippen LogP contribution is 2.42. The second-order valence-corrected chi connectivity index (χ2v) is 36.4. The van der Waals surface area contributed by atoms with E-state index in [1.165, 1.54) is 35.3 Å². The van der Waals surface area contributed by atoms with Crippen LogP contribution in [0.3, 0.4) is 0 Å². The van der Waals surface area contributed by atoms with E-state index in [4.69, 9.17) is 53.3 Å². The molecule has 1 unspecified atom stereocenters. The zero-order chi connectivity index (χ0) is 101. The quantitative estimate of drug-likeness (QED) is 0.0369. The maximum absolute atomic E-state index is 5.74. The zero-order valence-corrected chi connectivity index (χ0v) is 84.0. The lowest BCUT2D eigenvalue weighted by Crippen LogP contribution is -2.55. The van der Waals surface area contributed by atoms with Gasteiger partial charge in [0.2, 0.25) is 0 Å². The minimum atomic E-state index is 0.225. The number of nitrogens with zero attached hydrogens (tertiary/aromatic N) is 27. The number of anilines is 9. The van der Waals surface area contributed by atoms with E-state index in [-0.39, 0.29) is 6.04 Å². The predicted molar refractivity (Wildman–Crippen MR) is 574 cm³/mol. The Morgan fingerprint density at radius 2 is 0.664 bits per heavy atom. The summed E-state index contributed by atoms with van der Waals surface area (Å²) >= 11 is 0. The highest BCUT2D eigenvalue weighted by molar-refractivity contribution is 5.87. The number of fused-ring (bicyclic) bond motifs is 4. The van der Waals surface area contributed by atoms with Gasteiger partial charge in [0.1, 0.15) is 47.2 Å². The van der Waals surface area contributed by atoms with Crippen molar-refractivity contribution in [3.05, 3.63) is 335 Å². The van der Waals surface area contributed by atoms with E-state index in [1.807, 2.05) is 161 Å². The van der Waals surface area contributed by atoms with Crippen LogP contribution in [0, 0.1) is 5.92 Å². The highest BCUT2D eigenvalue weighted by Gasteiger charge is 2.32. The van der Waals surface area contributed by atoms with Crippen molar-refractivity contribution in [1.29, 1.82) is 0 Å². The van der Waals surface area contributed by atoms with Crippen molar-refractivity contribution in [2.45, 2.75) is 45.1 Å². The van der Waals surface area contributed by atoms with Crippen molar-refractivity contribution >= 4 is 95.3 Å². The van der Waals surface area contributed by atoms with E-state index >= 15 is 0 Å². The average molecular weight is 1950 g/mol. The minimum absolute atomic E-state index is 0.225. The number of rotatable bonds is 33. The summed E-state index contributed by atoms with van der Waals surface area (Å²) in [5.41, 5.74) is 25.8. The lowest BCUT2D eigenvalue weighted by molar-refractivity contribution is 0.0682. The van der Waals surface area contributed by atoms with Crippen molar-refractivity contribution in [3.63, 3.8) is 0 Å². The number of piperazine rings is 1.